The molecule has 0 radical (unpaired) electrons. The topological polar surface area (TPSA) is 41.4 Å². The summed E-state index contributed by atoms with van der Waals surface area (Å²) in [5, 5.41) is 0. The summed E-state index contributed by atoms with van der Waals surface area (Å²) in [6, 6.07) is 6.78. The molecule has 1 amide bonds. The maximum absolute atomic E-state index is 13.5. The van der Waals surface area contributed by atoms with Crippen LogP contribution in [0, 0.1) is 5.92 Å². The number of amides is 1. The Labute approximate surface area is 174 Å². The van der Waals surface area contributed by atoms with Crippen molar-refractivity contribution < 1.29 is 18.0 Å². The standard InChI is InChI=1S/C22H29F3N4O/c23-22(24,25)21-26-18-7-3-4-8-19(18)29(21)15-17-9-13-27(14-10-17)16-20(30)28-11-5-1-2-6-12-28/h3-4,7-8,17H,1-2,5-6,9-16H2. The first kappa shape index (κ1) is 21.2. The largest absolute Gasteiger partial charge is 0.449 e. The second-order valence-electron chi connectivity index (χ2n) is 8.55. The van der Waals surface area contributed by atoms with Crippen LogP contribution in [0.25, 0.3) is 11.0 Å². The number of hydrogen-bond donors (Lipinski definition) is 0. The van der Waals surface area contributed by atoms with Crippen LogP contribution in [0.5, 0.6) is 0 Å². The van der Waals surface area contributed by atoms with Crippen molar-refractivity contribution in [2.75, 3.05) is 32.7 Å². The van der Waals surface area contributed by atoms with E-state index < -0.39 is 12.0 Å². The summed E-state index contributed by atoms with van der Waals surface area (Å²) in [7, 11) is 0. The van der Waals surface area contributed by atoms with Crippen LogP contribution in [0.1, 0.15) is 44.3 Å². The van der Waals surface area contributed by atoms with Gasteiger partial charge in [-0.3, -0.25) is 9.69 Å². The number of aromatic nitrogens is 2. The highest BCUT2D eigenvalue weighted by Gasteiger charge is 2.38. The minimum Gasteiger partial charge on any atom is -0.342 e. The Morgan fingerprint density at radius 3 is 2.33 bits per heavy atom. The summed E-state index contributed by atoms with van der Waals surface area (Å²) < 4.78 is 41.9. The smallest absolute Gasteiger partial charge is 0.342 e. The monoisotopic (exact) mass is 422 g/mol. The number of alkyl halides is 3. The molecule has 2 aliphatic heterocycles. The van der Waals surface area contributed by atoms with E-state index in [-0.39, 0.29) is 11.8 Å². The van der Waals surface area contributed by atoms with Gasteiger partial charge >= 0.3 is 6.18 Å². The molecule has 0 unspecified atom stereocenters. The van der Waals surface area contributed by atoms with Crippen LogP contribution >= 0.6 is 0 Å². The highest BCUT2D eigenvalue weighted by atomic mass is 19.4. The Morgan fingerprint density at radius 2 is 1.67 bits per heavy atom. The molecule has 2 fully saturated rings. The van der Waals surface area contributed by atoms with E-state index in [0.717, 1.165) is 51.9 Å². The SMILES string of the molecule is O=C(CN1CCC(Cn2c(C(F)(F)F)nc3ccccc32)CC1)N1CCCCCC1. The van der Waals surface area contributed by atoms with E-state index in [2.05, 4.69) is 9.88 Å². The fourth-order valence-corrected chi connectivity index (χ4v) is 4.67. The summed E-state index contributed by atoms with van der Waals surface area (Å²) >= 11 is 0. The molecule has 164 valence electrons. The lowest BCUT2D eigenvalue weighted by molar-refractivity contribution is -0.147. The molecule has 1 aromatic carbocycles. The lowest BCUT2D eigenvalue weighted by Crippen LogP contribution is -2.44. The number of carbonyl (C=O) groups is 1. The highest BCUT2D eigenvalue weighted by molar-refractivity contribution is 5.78. The molecule has 0 saturated carbocycles. The van der Waals surface area contributed by atoms with Crippen molar-refractivity contribution in [2.24, 2.45) is 5.92 Å². The third-order valence-corrected chi connectivity index (χ3v) is 6.37. The van der Waals surface area contributed by atoms with Gasteiger partial charge in [-0.25, -0.2) is 4.98 Å². The van der Waals surface area contributed by atoms with Gasteiger partial charge in [0, 0.05) is 19.6 Å². The van der Waals surface area contributed by atoms with Gasteiger partial charge in [0.05, 0.1) is 17.6 Å². The number of para-hydroxylation sites is 2. The molecule has 2 aliphatic rings. The van der Waals surface area contributed by atoms with E-state index in [1.165, 1.54) is 17.4 Å². The van der Waals surface area contributed by atoms with Crippen LogP contribution in [0.4, 0.5) is 13.2 Å². The molecule has 0 aliphatic carbocycles. The van der Waals surface area contributed by atoms with Gasteiger partial charge in [-0.1, -0.05) is 25.0 Å². The molecule has 4 rings (SSSR count). The number of halogens is 3. The first-order chi connectivity index (χ1) is 14.4. The molecule has 2 aromatic rings. The van der Waals surface area contributed by atoms with Crippen molar-refractivity contribution in [1.82, 2.24) is 19.4 Å². The highest BCUT2D eigenvalue weighted by Crippen LogP contribution is 2.33. The number of imidazole rings is 1. The van der Waals surface area contributed by atoms with Gasteiger partial charge in [0.15, 0.2) is 0 Å². The zero-order valence-corrected chi connectivity index (χ0v) is 17.2. The maximum Gasteiger partial charge on any atom is 0.449 e. The fourth-order valence-electron chi connectivity index (χ4n) is 4.67. The summed E-state index contributed by atoms with van der Waals surface area (Å²) in [4.78, 5) is 20.6. The number of nitrogens with zero attached hydrogens (tertiary/aromatic N) is 4. The van der Waals surface area contributed by atoms with Gasteiger partial charge in [-0.15, -0.1) is 0 Å². The van der Waals surface area contributed by atoms with E-state index in [1.807, 2.05) is 4.90 Å². The maximum atomic E-state index is 13.5. The van der Waals surface area contributed by atoms with Gasteiger partial charge in [0.2, 0.25) is 11.7 Å². The third kappa shape index (κ3) is 4.79. The quantitative estimate of drug-likeness (QED) is 0.743. The van der Waals surface area contributed by atoms with Crippen molar-refractivity contribution in [3.63, 3.8) is 0 Å². The van der Waals surface area contributed by atoms with Crippen molar-refractivity contribution >= 4 is 16.9 Å². The first-order valence-corrected chi connectivity index (χ1v) is 10.9. The second kappa shape index (κ2) is 8.96. The average Bonchev–Trinajstić information content (AvgIpc) is 2.89. The van der Waals surface area contributed by atoms with Gasteiger partial charge in [0.1, 0.15) is 0 Å². The third-order valence-electron chi connectivity index (χ3n) is 6.37. The minimum absolute atomic E-state index is 0.147. The zero-order valence-electron chi connectivity index (χ0n) is 17.2. The Kier molecular flexibility index (Phi) is 6.32. The molecule has 0 spiro atoms. The molecule has 1 aromatic heterocycles. The van der Waals surface area contributed by atoms with Crippen LogP contribution in [0.15, 0.2) is 24.3 Å². The number of fused-ring (bicyclic) bond motifs is 1. The number of likely N-dealkylation sites (tertiary alicyclic amines) is 2. The molecule has 2 saturated heterocycles. The van der Waals surface area contributed by atoms with Crippen LogP contribution < -0.4 is 0 Å². The Morgan fingerprint density at radius 1 is 1.00 bits per heavy atom. The van der Waals surface area contributed by atoms with Crippen LogP contribution in [0.3, 0.4) is 0 Å². The van der Waals surface area contributed by atoms with E-state index >= 15 is 0 Å². The number of piperidine rings is 1. The van der Waals surface area contributed by atoms with E-state index in [0.29, 0.717) is 24.1 Å². The first-order valence-electron chi connectivity index (χ1n) is 10.9. The molecular weight excluding hydrogens is 393 g/mol. The van der Waals surface area contributed by atoms with Gasteiger partial charge in [0.25, 0.3) is 0 Å². The minimum atomic E-state index is -4.47. The lowest BCUT2D eigenvalue weighted by atomic mass is 9.96. The molecule has 8 heteroatoms. The average molecular weight is 422 g/mol. The molecule has 0 bridgehead atoms. The normalized spacial score (nSPS) is 19.9. The molecule has 5 nitrogen and oxygen atoms in total. The molecular formula is C22H29F3N4O. The predicted molar refractivity (Wildman–Crippen MR) is 109 cm³/mol. The number of rotatable bonds is 4. The predicted octanol–water partition coefficient (Wildman–Crippen LogP) is 4.17. The van der Waals surface area contributed by atoms with Gasteiger partial charge in [-0.05, 0) is 56.8 Å². The number of benzene rings is 1. The van der Waals surface area contributed by atoms with Crippen LogP contribution in [0.2, 0.25) is 0 Å². The van der Waals surface area contributed by atoms with Crippen molar-refractivity contribution in [3.8, 4) is 0 Å². The molecule has 30 heavy (non-hydrogen) atoms. The Hall–Kier alpha value is -2.09. The van der Waals surface area contributed by atoms with Gasteiger partial charge < -0.3 is 9.47 Å². The number of hydrogen-bond acceptors (Lipinski definition) is 3. The van der Waals surface area contributed by atoms with Crippen molar-refractivity contribution in [3.05, 3.63) is 30.1 Å². The van der Waals surface area contributed by atoms with Crippen LogP contribution in [-0.2, 0) is 17.5 Å². The van der Waals surface area contributed by atoms with Crippen molar-refractivity contribution in [1.29, 1.82) is 0 Å². The van der Waals surface area contributed by atoms with Gasteiger partial charge in [-0.2, -0.15) is 13.2 Å². The van der Waals surface area contributed by atoms with E-state index in [1.54, 1.807) is 24.3 Å². The van der Waals surface area contributed by atoms with E-state index in [4.69, 9.17) is 0 Å². The summed E-state index contributed by atoms with van der Waals surface area (Å²) in [6.07, 6.45) is 1.64. The summed E-state index contributed by atoms with van der Waals surface area (Å²) in [6.45, 7) is 3.93. The molecule has 0 N–H and O–H groups in total. The van der Waals surface area contributed by atoms with Crippen molar-refractivity contribution in [2.45, 2.75) is 51.2 Å². The van der Waals surface area contributed by atoms with E-state index in [9.17, 15) is 18.0 Å². The van der Waals surface area contributed by atoms with Crippen LogP contribution in [-0.4, -0.2) is 58.0 Å². The summed E-state index contributed by atoms with van der Waals surface area (Å²) in [5.41, 5.74) is 0.911. The zero-order chi connectivity index (χ0) is 21.1. The molecule has 3 heterocycles. The number of carbonyl (C=O) groups excluding carboxylic acids is 1. The Bertz CT molecular complexity index is 863. The Balaban J connectivity index is 1.37. The fraction of sp³-hybridized carbons (Fsp3) is 0.636. The lowest BCUT2D eigenvalue weighted by Gasteiger charge is -2.33. The second-order valence-corrected chi connectivity index (χ2v) is 8.55. The summed E-state index contributed by atoms with van der Waals surface area (Å²) in [5.74, 6) is -0.481. The molecule has 0 atom stereocenters.